The molecular weight excluding hydrogens is 288 g/mol. The van der Waals surface area contributed by atoms with Gasteiger partial charge in [-0.2, -0.15) is 0 Å². The van der Waals surface area contributed by atoms with E-state index >= 15 is 0 Å². The predicted octanol–water partition coefficient (Wildman–Crippen LogP) is 3.84. The molecule has 0 aliphatic rings. The van der Waals surface area contributed by atoms with Crippen LogP contribution in [0, 0.1) is 0 Å². The maximum atomic E-state index is 12.3. The summed E-state index contributed by atoms with van der Waals surface area (Å²) in [4.78, 5) is 12.3. The molecule has 0 aromatic heterocycles. The van der Waals surface area contributed by atoms with E-state index in [1.165, 1.54) is 12.8 Å². The monoisotopic (exact) mass is 312 g/mol. The summed E-state index contributed by atoms with van der Waals surface area (Å²) >= 11 is 0. The van der Waals surface area contributed by atoms with E-state index in [4.69, 9.17) is 4.74 Å². The van der Waals surface area contributed by atoms with Crippen LogP contribution >= 0.6 is 0 Å². The van der Waals surface area contributed by atoms with E-state index in [9.17, 15) is 4.79 Å². The second-order valence-corrected chi connectivity index (χ2v) is 5.41. The molecule has 0 aliphatic carbocycles. The summed E-state index contributed by atoms with van der Waals surface area (Å²) in [6.45, 7) is 4.00. The van der Waals surface area contributed by atoms with Crippen LogP contribution in [0.2, 0.25) is 0 Å². The third-order valence-electron chi connectivity index (χ3n) is 3.57. The summed E-state index contributed by atoms with van der Waals surface area (Å²) in [6.07, 6.45) is 2.36. The molecule has 0 unspecified atom stereocenters. The van der Waals surface area contributed by atoms with E-state index in [0.29, 0.717) is 5.56 Å². The number of nitrogens with one attached hydrogen (secondary N) is 2. The normalized spacial score (nSPS) is 10.3. The highest BCUT2D eigenvalue weighted by molar-refractivity contribution is 6.04. The minimum absolute atomic E-state index is 0.122. The number of unbranched alkanes of at least 4 members (excludes halogenated alkanes) is 1. The summed E-state index contributed by atoms with van der Waals surface area (Å²) in [5.41, 5.74) is 2.58. The average molecular weight is 312 g/mol. The lowest BCUT2D eigenvalue weighted by Crippen LogP contribution is -2.15. The quantitative estimate of drug-likeness (QED) is 0.728. The van der Waals surface area contributed by atoms with Crippen molar-refractivity contribution in [3.63, 3.8) is 0 Å². The minimum Gasteiger partial charge on any atom is -0.497 e. The molecule has 2 aromatic carbocycles. The van der Waals surface area contributed by atoms with Gasteiger partial charge in [0, 0.05) is 17.8 Å². The van der Waals surface area contributed by atoms with Crippen LogP contribution in [-0.4, -0.2) is 19.6 Å². The van der Waals surface area contributed by atoms with Crippen molar-refractivity contribution >= 4 is 11.6 Å². The third-order valence-corrected chi connectivity index (χ3v) is 3.57. The molecular formula is C19H24N2O2. The van der Waals surface area contributed by atoms with Crippen LogP contribution < -0.4 is 15.4 Å². The summed E-state index contributed by atoms with van der Waals surface area (Å²) in [7, 11) is 1.61. The van der Waals surface area contributed by atoms with Gasteiger partial charge in [-0.3, -0.25) is 4.79 Å². The first-order chi connectivity index (χ1) is 11.2. The Morgan fingerprint density at radius 3 is 2.61 bits per heavy atom. The third kappa shape index (κ3) is 5.42. The molecule has 2 aromatic rings. The molecule has 0 radical (unpaired) electrons. The molecule has 0 fully saturated rings. The van der Waals surface area contributed by atoms with E-state index < -0.39 is 0 Å². The molecule has 0 atom stereocenters. The molecule has 2 rings (SSSR count). The van der Waals surface area contributed by atoms with E-state index in [0.717, 1.165) is 30.1 Å². The molecule has 0 aliphatic heterocycles. The van der Waals surface area contributed by atoms with Gasteiger partial charge < -0.3 is 15.4 Å². The van der Waals surface area contributed by atoms with Crippen molar-refractivity contribution in [1.29, 1.82) is 0 Å². The lowest BCUT2D eigenvalue weighted by molar-refractivity contribution is 0.102. The Labute approximate surface area is 137 Å². The van der Waals surface area contributed by atoms with E-state index in [-0.39, 0.29) is 5.91 Å². The predicted molar refractivity (Wildman–Crippen MR) is 94.0 cm³/mol. The van der Waals surface area contributed by atoms with Crippen LogP contribution in [0.15, 0.2) is 48.5 Å². The molecule has 2 N–H and O–H groups in total. The molecule has 0 saturated heterocycles. The van der Waals surface area contributed by atoms with Gasteiger partial charge in [-0.25, -0.2) is 0 Å². The first kappa shape index (κ1) is 17.0. The Kier molecular flexibility index (Phi) is 6.63. The van der Waals surface area contributed by atoms with Crippen molar-refractivity contribution < 1.29 is 9.53 Å². The molecule has 4 heteroatoms. The van der Waals surface area contributed by atoms with Crippen LogP contribution in [0.5, 0.6) is 5.75 Å². The van der Waals surface area contributed by atoms with Crippen molar-refractivity contribution in [3.8, 4) is 5.75 Å². The Morgan fingerprint density at radius 1 is 1.13 bits per heavy atom. The van der Waals surface area contributed by atoms with E-state index in [2.05, 4.69) is 23.6 Å². The Hall–Kier alpha value is -2.33. The average Bonchev–Trinajstić information content (AvgIpc) is 2.59. The van der Waals surface area contributed by atoms with Crippen LogP contribution in [0.25, 0.3) is 0 Å². The zero-order valence-corrected chi connectivity index (χ0v) is 13.8. The van der Waals surface area contributed by atoms with Crippen LogP contribution in [0.4, 0.5) is 5.69 Å². The number of hydrogen-bond acceptors (Lipinski definition) is 3. The molecule has 23 heavy (non-hydrogen) atoms. The van der Waals surface area contributed by atoms with Crippen molar-refractivity contribution in [2.24, 2.45) is 0 Å². The minimum atomic E-state index is -0.122. The van der Waals surface area contributed by atoms with Crippen molar-refractivity contribution in [2.45, 2.75) is 26.3 Å². The lowest BCUT2D eigenvalue weighted by atomic mass is 10.1. The number of hydrogen-bond donors (Lipinski definition) is 2. The van der Waals surface area contributed by atoms with Gasteiger partial charge in [0.2, 0.25) is 0 Å². The number of rotatable bonds is 8. The highest BCUT2D eigenvalue weighted by atomic mass is 16.5. The Balaban J connectivity index is 1.94. The zero-order chi connectivity index (χ0) is 16.5. The fourth-order valence-electron chi connectivity index (χ4n) is 2.24. The Morgan fingerprint density at radius 2 is 1.91 bits per heavy atom. The molecule has 4 nitrogen and oxygen atoms in total. The Bertz CT molecular complexity index is 624. The smallest absolute Gasteiger partial charge is 0.255 e. The first-order valence-corrected chi connectivity index (χ1v) is 7.98. The lowest BCUT2D eigenvalue weighted by Gasteiger charge is -2.09. The molecule has 0 heterocycles. The number of amides is 1. The van der Waals surface area contributed by atoms with Gasteiger partial charge in [-0.05, 0) is 54.9 Å². The van der Waals surface area contributed by atoms with E-state index in [1.807, 2.05) is 18.2 Å². The van der Waals surface area contributed by atoms with Crippen LogP contribution in [0.1, 0.15) is 35.7 Å². The number of methoxy groups -OCH3 is 1. The second kappa shape index (κ2) is 8.96. The number of benzene rings is 2. The van der Waals surface area contributed by atoms with Gasteiger partial charge in [0.1, 0.15) is 5.75 Å². The van der Waals surface area contributed by atoms with Crippen molar-refractivity contribution in [1.82, 2.24) is 5.32 Å². The van der Waals surface area contributed by atoms with E-state index in [1.54, 1.807) is 31.4 Å². The molecule has 1 amide bonds. The van der Waals surface area contributed by atoms with Gasteiger partial charge in [0.05, 0.1) is 7.11 Å². The summed E-state index contributed by atoms with van der Waals surface area (Å²) in [5.74, 6) is 0.616. The summed E-state index contributed by atoms with van der Waals surface area (Å²) < 4.78 is 5.10. The van der Waals surface area contributed by atoms with Crippen molar-refractivity contribution in [3.05, 3.63) is 59.7 Å². The fraction of sp³-hybridized carbons (Fsp3) is 0.316. The molecule has 0 spiro atoms. The first-order valence-electron chi connectivity index (χ1n) is 7.98. The van der Waals surface area contributed by atoms with Crippen LogP contribution in [-0.2, 0) is 6.54 Å². The fourth-order valence-corrected chi connectivity index (χ4v) is 2.24. The zero-order valence-electron chi connectivity index (χ0n) is 13.8. The maximum absolute atomic E-state index is 12.3. The SMILES string of the molecule is CCCCNCc1cccc(NC(=O)c2ccc(OC)cc2)c1. The summed E-state index contributed by atoms with van der Waals surface area (Å²) in [6, 6.07) is 15.0. The highest BCUT2D eigenvalue weighted by Gasteiger charge is 2.06. The largest absolute Gasteiger partial charge is 0.497 e. The standard InChI is InChI=1S/C19H24N2O2/c1-3-4-12-20-14-15-6-5-7-17(13-15)21-19(22)16-8-10-18(23-2)11-9-16/h5-11,13,20H,3-4,12,14H2,1-2H3,(H,21,22). The molecule has 122 valence electrons. The van der Waals surface area contributed by atoms with Crippen LogP contribution in [0.3, 0.4) is 0 Å². The number of anilines is 1. The summed E-state index contributed by atoms with van der Waals surface area (Å²) in [5, 5.41) is 6.33. The second-order valence-electron chi connectivity index (χ2n) is 5.41. The van der Waals surface area contributed by atoms with Gasteiger partial charge in [-0.1, -0.05) is 25.5 Å². The van der Waals surface area contributed by atoms with Gasteiger partial charge in [0.15, 0.2) is 0 Å². The van der Waals surface area contributed by atoms with Gasteiger partial charge in [0.25, 0.3) is 5.91 Å². The number of ether oxygens (including phenoxy) is 1. The number of carbonyl (C=O) groups excluding carboxylic acids is 1. The van der Waals surface area contributed by atoms with Gasteiger partial charge in [-0.15, -0.1) is 0 Å². The highest BCUT2D eigenvalue weighted by Crippen LogP contribution is 2.15. The molecule has 0 bridgehead atoms. The topological polar surface area (TPSA) is 50.4 Å². The number of carbonyl (C=O) groups is 1. The van der Waals surface area contributed by atoms with Crippen molar-refractivity contribution in [2.75, 3.05) is 19.0 Å². The maximum Gasteiger partial charge on any atom is 0.255 e. The van der Waals surface area contributed by atoms with Gasteiger partial charge >= 0.3 is 0 Å². The molecule has 0 saturated carbocycles.